The third-order valence-corrected chi connectivity index (χ3v) is 4.14. The van der Waals surface area contributed by atoms with Gasteiger partial charge in [0, 0.05) is 15.4 Å². The minimum atomic E-state index is 0.389. The van der Waals surface area contributed by atoms with Crippen LogP contribution in [0.1, 0.15) is 5.56 Å². The van der Waals surface area contributed by atoms with E-state index in [9.17, 15) is 0 Å². The SMILES string of the molecule is C(#Cc1ccccc1)COc1ccc(Sc2ccccc2)cc1. The molecule has 0 unspecified atom stereocenters. The van der Waals surface area contributed by atoms with Crippen LogP contribution < -0.4 is 4.74 Å². The van der Waals surface area contributed by atoms with Crippen molar-refractivity contribution in [3.05, 3.63) is 90.5 Å². The van der Waals surface area contributed by atoms with Gasteiger partial charge in [0.05, 0.1) is 0 Å². The first-order valence-corrected chi connectivity index (χ1v) is 8.21. The molecule has 0 radical (unpaired) electrons. The van der Waals surface area contributed by atoms with Gasteiger partial charge in [-0.15, -0.1) is 0 Å². The van der Waals surface area contributed by atoms with Crippen molar-refractivity contribution in [3.63, 3.8) is 0 Å². The molecule has 0 aromatic heterocycles. The number of hydrogen-bond donors (Lipinski definition) is 0. The predicted molar refractivity (Wildman–Crippen MR) is 95.8 cm³/mol. The van der Waals surface area contributed by atoms with Gasteiger partial charge in [-0.05, 0) is 48.5 Å². The summed E-state index contributed by atoms with van der Waals surface area (Å²) in [5.74, 6) is 6.94. The summed E-state index contributed by atoms with van der Waals surface area (Å²) in [5, 5.41) is 0. The van der Waals surface area contributed by atoms with Gasteiger partial charge in [-0.3, -0.25) is 0 Å². The topological polar surface area (TPSA) is 9.23 Å². The molecule has 0 N–H and O–H groups in total. The van der Waals surface area contributed by atoms with Crippen molar-refractivity contribution in [2.45, 2.75) is 9.79 Å². The highest BCUT2D eigenvalue weighted by Gasteiger charge is 1.97. The Labute approximate surface area is 141 Å². The Bertz CT molecular complexity index is 784. The molecule has 0 amide bonds. The second-order valence-electron chi connectivity index (χ2n) is 4.84. The standard InChI is InChI=1S/C21H16OS/c1-3-8-18(9-4-1)10-7-17-22-19-13-15-21(16-14-19)23-20-11-5-2-6-12-20/h1-6,8-9,11-16H,17H2. The van der Waals surface area contributed by atoms with Crippen molar-refractivity contribution in [1.82, 2.24) is 0 Å². The molecule has 1 nitrogen and oxygen atoms in total. The number of rotatable bonds is 4. The lowest BCUT2D eigenvalue weighted by molar-refractivity contribution is 0.370. The second kappa shape index (κ2) is 8.12. The Hall–Kier alpha value is -2.63. The highest BCUT2D eigenvalue weighted by atomic mass is 32.2. The van der Waals surface area contributed by atoms with Crippen LogP contribution in [0.5, 0.6) is 5.75 Å². The Balaban J connectivity index is 1.53. The molecule has 0 atom stereocenters. The van der Waals surface area contributed by atoms with E-state index in [1.165, 1.54) is 9.79 Å². The fourth-order valence-corrected chi connectivity index (χ4v) is 2.85. The van der Waals surface area contributed by atoms with E-state index in [0.29, 0.717) is 6.61 Å². The van der Waals surface area contributed by atoms with Crippen LogP contribution in [0.15, 0.2) is 94.7 Å². The van der Waals surface area contributed by atoms with Crippen molar-refractivity contribution >= 4 is 11.8 Å². The first-order chi connectivity index (χ1) is 11.4. The van der Waals surface area contributed by atoms with Crippen LogP contribution in [0.4, 0.5) is 0 Å². The summed E-state index contributed by atoms with van der Waals surface area (Å²) in [6.45, 7) is 0.389. The second-order valence-corrected chi connectivity index (χ2v) is 5.99. The quantitative estimate of drug-likeness (QED) is 0.607. The number of benzene rings is 3. The van der Waals surface area contributed by atoms with Crippen molar-refractivity contribution in [3.8, 4) is 17.6 Å². The highest BCUT2D eigenvalue weighted by molar-refractivity contribution is 7.99. The molecule has 0 heterocycles. The van der Waals surface area contributed by atoms with Crippen LogP contribution in [0.2, 0.25) is 0 Å². The Morgan fingerprint density at radius 2 is 1.30 bits per heavy atom. The van der Waals surface area contributed by atoms with Crippen molar-refractivity contribution in [2.75, 3.05) is 6.61 Å². The average molecular weight is 316 g/mol. The zero-order valence-corrected chi connectivity index (χ0v) is 13.4. The van der Waals surface area contributed by atoms with Crippen molar-refractivity contribution < 1.29 is 4.74 Å². The molecule has 0 fully saturated rings. The summed E-state index contributed by atoms with van der Waals surface area (Å²) in [6.07, 6.45) is 0. The first kappa shape index (κ1) is 15.3. The minimum absolute atomic E-state index is 0.389. The third kappa shape index (κ3) is 4.95. The monoisotopic (exact) mass is 316 g/mol. The highest BCUT2D eigenvalue weighted by Crippen LogP contribution is 2.28. The van der Waals surface area contributed by atoms with E-state index in [1.807, 2.05) is 60.7 Å². The Kier molecular flexibility index (Phi) is 5.39. The van der Waals surface area contributed by atoms with Gasteiger partial charge in [-0.25, -0.2) is 0 Å². The van der Waals surface area contributed by atoms with Crippen LogP contribution in [0, 0.1) is 11.8 Å². The van der Waals surface area contributed by atoms with E-state index in [-0.39, 0.29) is 0 Å². The lowest BCUT2D eigenvalue weighted by Crippen LogP contribution is -1.93. The molecule has 3 aromatic rings. The van der Waals surface area contributed by atoms with Gasteiger partial charge in [0.2, 0.25) is 0 Å². The molecule has 23 heavy (non-hydrogen) atoms. The molecule has 3 rings (SSSR count). The van der Waals surface area contributed by atoms with Crippen LogP contribution in [0.3, 0.4) is 0 Å². The molecular weight excluding hydrogens is 300 g/mol. The normalized spacial score (nSPS) is 9.74. The average Bonchev–Trinajstić information content (AvgIpc) is 2.62. The molecule has 0 spiro atoms. The molecular formula is C21H16OS. The van der Waals surface area contributed by atoms with Crippen LogP contribution >= 0.6 is 11.8 Å². The summed E-state index contributed by atoms with van der Waals surface area (Å²) in [6, 6.07) is 28.3. The number of ether oxygens (including phenoxy) is 1. The first-order valence-electron chi connectivity index (χ1n) is 7.40. The maximum absolute atomic E-state index is 5.65. The minimum Gasteiger partial charge on any atom is -0.481 e. The maximum atomic E-state index is 5.65. The van der Waals surface area contributed by atoms with Gasteiger partial charge in [0.1, 0.15) is 12.4 Å². The molecule has 3 aromatic carbocycles. The van der Waals surface area contributed by atoms with Crippen molar-refractivity contribution in [1.29, 1.82) is 0 Å². The zero-order chi connectivity index (χ0) is 15.7. The van der Waals surface area contributed by atoms with Gasteiger partial charge in [0.15, 0.2) is 0 Å². The molecule has 2 heteroatoms. The molecule has 112 valence electrons. The van der Waals surface area contributed by atoms with Crippen LogP contribution in [0.25, 0.3) is 0 Å². The molecule has 0 aliphatic heterocycles. The molecule has 0 aliphatic rings. The van der Waals surface area contributed by atoms with E-state index >= 15 is 0 Å². The van der Waals surface area contributed by atoms with Gasteiger partial charge < -0.3 is 4.74 Å². The Morgan fingerprint density at radius 1 is 0.696 bits per heavy atom. The van der Waals surface area contributed by atoms with Gasteiger partial charge in [-0.2, -0.15) is 0 Å². The van der Waals surface area contributed by atoms with Gasteiger partial charge in [-0.1, -0.05) is 60.0 Å². The van der Waals surface area contributed by atoms with E-state index in [1.54, 1.807) is 11.8 Å². The van der Waals surface area contributed by atoms with Gasteiger partial charge >= 0.3 is 0 Å². The zero-order valence-electron chi connectivity index (χ0n) is 12.6. The molecule has 0 saturated carbocycles. The third-order valence-electron chi connectivity index (χ3n) is 3.12. The summed E-state index contributed by atoms with van der Waals surface area (Å²) in [5.41, 5.74) is 1.01. The Morgan fingerprint density at radius 3 is 2.00 bits per heavy atom. The fraction of sp³-hybridized carbons (Fsp3) is 0.0476. The summed E-state index contributed by atoms with van der Waals surface area (Å²) in [7, 11) is 0. The lowest BCUT2D eigenvalue weighted by Gasteiger charge is -2.04. The lowest BCUT2D eigenvalue weighted by atomic mass is 10.2. The van der Waals surface area contributed by atoms with Crippen LogP contribution in [-0.4, -0.2) is 6.61 Å². The molecule has 0 saturated heterocycles. The summed E-state index contributed by atoms with van der Waals surface area (Å²) < 4.78 is 5.65. The summed E-state index contributed by atoms with van der Waals surface area (Å²) in [4.78, 5) is 2.42. The molecule has 0 aliphatic carbocycles. The molecule has 0 bridgehead atoms. The fourth-order valence-electron chi connectivity index (χ4n) is 2.01. The smallest absolute Gasteiger partial charge is 0.149 e. The van der Waals surface area contributed by atoms with Crippen molar-refractivity contribution in [2.24, 2.45) is 0 Å². The van der Waals surface area contributed by atoms with E-state index in [2.05, 4.69) is 36.1 Å². The van der Waals surface area contributed by atoms with Gasteiger partial charge in [0.25, 0.3) is 0 Å². The van der Waals surface area contributed by atoms with E-state index in [0.717, 1.165) is 11.3 Å². The largest absolute Gasteiger partial charge is 0.481 e. The maximum Gasteiger partial charge on any atom is 0.149 e. The predicted octanol–water partition coefficient (Wildman–Crippen LogP) is 5.27. The van der Waals surface area contributed by atoms with E-state index < -0.39 is 0 Å². The van der Waals surface area contributed by atoms with Crippen LogP contribution in [-0.2, 0) is 0 Å². The van der Waals surface area contributed by atoms with E-state index in [4.69, 9.17) is 4.74 Å². The summed E-state index contributed by atoms with van der Waals surface area (Å²) >= 11 is 1.74. The number of hydrogen-bond acceptors (Lipinski definition) is 2.